The number of halogens is 1. The molecule has 0 unspecified atom stereocenters. The predicted octanol–water partition coefficient (Wildman–Crippen LogP) is 1.72. The smallest absolute Gasteiger partial charge is 0.107 e. The lowest BCUT2D eigenvalue weighted by Crippen LogP contribution is -1.96. The summed E-state index contributed by atoms with van der Waals surface area (Å²) in [6.45, 7) is 0. The number of rotatable bonds is 1. The van der Waals surface area contributed by atoms with Crippen LogP contribution in [-0.4, -0.2) is 14.8 Å². The van der Waals surface area contributed by atoms with Crippen molar-refractivity contribution in [2.45, 2.75) is 0 Å². The number of nitrogen functional groups attached to an aromatic ring is 1. The molecule has 0 saturated heterocycles. The molecule has 2 aromatic heterocycles. The number of nitrogens with two attached hydrogens (primary N) is 1. The van der Waals surface area contributed by atoms with Gasteiger partial charge < -0.3 is 5.73 Å². The van der Waals surface area contributed by atoms with Gasteiger partial charge in [-0.25, -0.2) is 0 Å². The van der Waals surface area contributed by atoms with E-state index in [1.807, 2.05) is 13.1 Å². The molecule has 0 amide bonds. The molecule has 72 valence electrons. The lowest BCUT2D eigenvalue weighted by Gasteiger charge is -2.03. The fourth-order valence-electron chi connectivity index (χ4n) is 1.25. The highest BCUT2D eigenvalue weighted by atomic mass is 35.5. The average molecular weight is 209 g/mol. The van der Waals surface area contributed by atoms with Crippen molar-refractivity contribution < 1.29 is 0 Å². The third-order valence-corrected chi connectivity index (χ3v) is 2.21. The van der Waals surface area contributed by atoms with Crippen molar-refractivity contribution in [3.05, 3.63) is 29.5 Å². The fraction of sp³-hybridized carbons (Fsp3) is 0.111. The van der Waals surface area contributed by atoms with E-state index in [-0.39, 0.29) is 0 Å². The number of hydrogen-bond donors (Lipinski definition) is 1. The summed E-state index contributed by atoms with van der Waals surface area (Å²) < 4.78 is 1.71. The van der Waals surface area contributed by atoms with Crippen LogP contribution in [0, 0.1) is 0 Å². The molecule has 0 bridgehead atoms. The van der Waals surface area contributed by atoms with Gasteiger partial charge in [0.15, 0.2) is 0 Å². The highest BCUT2D eigenvalue weighted by Crippen LogP contribution is 2.25. The van der Waals surface area contributed by atoms with Crippen molar-refractivity contribution in [1.29, 1.82) is 0 Å². The zero-order chi connectivity index (χ0) is 10.1. The maximum absolute atomic E-state index is 6.01. The monoisotopic (exact) mass is 208 g/mol. The van der Waals surface area contributed by atoms with Crippen LogP contribution in [-0.2, 0) is 7.05 Å². The number of nitrogens with zero attached hydrogens (tertiary/aromatic N) is 3. The van der Waals surface area contributed by atoms with E-state index in [4.69, 9.17) is 17.3 Å². The molecule has 4 nitrogen and oxygen atoms in total. The van der Waals surface area contributed by atoms with Crippen molar-refractivity contribution in [2.24, 2.45) is 7.05 Å². The first-order valence-electron chi connectivity index (χ1n) is 4.08. The molecule has 2 N–H and O–H groups in total. The van der Waals surface area contributed by atoms with Gasteiger partial charge >= 0.3 is 0 Å². The van der Waals surface area contributed by atoms with E-state index in [0.717, 1.165) is 5.69 Å². The van der Waals surface area contributed by atoms with Gasteiger partial charge in [-0.15, -0.1) is 0 Å². The molecule has 0 aliphatic carbocycles. The summed E-state index contributed by atoms with van der Waals surface area (Å²) in [7, 11) is 1.84. The Morgan fingerprint density at radius 3 is 2.86 bits per heavy atom. The zero-order valence-electron chi connectivity index (χ0n) is 7.61. The van der Waals surface area contributed by atoms with Crippen molar-refractivity contribution in [1.82, 2.24) is 14.8 Å². The molecule has 0 aliphatic rings. The van der Waals surface area contributed by atoms with Crippen LogP contribution >= 0.6 is 11.6 Å². The largest absolute Gasteiger partial charge is 0.397 e. The first-order valence-corrected chi connectivity index (χ1v) is 4.45. The lowest BCUT2D eigenvalue weighted by atomic mass is 10.2. The first-order chi connectivity index (χ1) is 6.68. The molecule has 0 atom stereocenters. The van der Waals surface area contributed by atoms with Crippen LogP contribution in [0.3, 0.4) is 0 Å². The molecule has 0 radical (unpaired) electrons. The minimum absolute atomic E-state index is 0.536. The predicted molar refractivity (Wildman–Crippen MR) is 55.9 cm³/mol. The SMILES string of the molecule is Cn1nccc1-c1ncc(N)cc1Cl. The molecule has 0 saturated carbocycles. The normalized spacial score (nSPS) is 10.4. The maximum atomic E-state index is 6.01. The number of aryl methyl sites for hydroxylation is 1. The van der Waals surface area contributed by atoms with Crippen LogP contribution in [0.25, 0.3) is 11.4 Å². The Morgan fingerprint density at radius 2 is 2.29 bits per heavy atom. The van der Waals surface area contributed by atoms with Gasteiger partial charge in [-0.3, -0.25) is 9.67 Å². The molecular formula is C9H9ClN4. The van der Waals surface area contributed by atoms with Gasteiger partial charge in [0.25, 0.3) is 0 Å². The van der Waals surface area contributed by atoms with Crippen molar-refractivity contribution in [3.63, 3.8) is 0 Å². The Kier molecular flexibility index (Phi) is 2.13. The van der Waals surface area contributed by atoms with Crippen LogP contribution < -0.4 is 5.73 Å². The highest BCUT2D eigenvalue weighted by molar-refractivity contribution is 6.33. The van der Waals surface area contributed by atoms with Gasteiger partial charge in [0.05, 0.1) is 22.6 Å². The minimum atomic E-state index is 0.536. The van der Waals surface area contributed by atoms with Crippen LogP contribution in [0.1, 0.15) is 0 Å². The van der Waals surface area contributed by atoms with E-state index in [2.05, 4.69) is 10.1 Å². The molecule has 0 aliphatic heterocycles. The summed E-state index contributed by atoms with van der Waals surface area (Å²) in [6, 6.07) is 3.53. The van der Waals surface area contributed by atoms with Gasteiger partial charge in [0.1, 0.15) is 5.69 Å². The summed E-state index contributed by atoms with van der Waals surface area (Å²) in [5.41, 5.74) is 7.67. The number of anilines is 1. The van der Waals surface area contributed by atoms with E-state index in [9.17, 15) is 0 Å². The first kappa shape index (κ1) is 9.02. The Bertz CT molecular complexity index is 464. The summed E-state index contributed by atoms with van der Waals surface area (Å²) >= 11 is 6.01. The van der Waals surface area contributed by atoms with E-state index in [0.29, 0.717) is 16.4 Å². The second kappa shape index (κ2) is 3.31. The molecule has 2 rings (SSSR count). The van der Waals surface area contributed by atoms with Crippen LogP contribution in [0.5, 0.6) is 0 Å². The summed E-state index contributed by atoms with van der Waals surface area (Å²) in [4.78, 5) is 4.16. The van der Waals surface area contributed by atoms with Gasteiger partial charge in [-0.05, 0) is 12.1 Å². The molecule has 0 fully saturated rings. The lowest BCUT2D eigenvalue weighted by molar-refractivity contribution is 0.773. The zero-order valence-corrected chi connectivity index (χ0v) is 8.36. The molecular weight excluding hydrogens is 200 g/mol. The van der Waals surface area contributed by atoms with Crippen LogP contribution in [0.2, 0.25) is 5.02 Å². The summed E-state index contributed by atoms with van der Waals surface area (Å²) in [5, 5.41) is 4.58. The summed E-state index contributed by atoms with van der Waals surface area (Å²) in [5.74, 6) is 0. The second-order valence-corrected chi connectivity index (χ2v) is 3.35. The topological polar surface area (TPSA) is 56.7 Å². The van der Waals surface area contributed by atoms with E-state index in [1.54, 1.807) is 23.1 Å². The number of pyridine rings is 1. The molecule has 0 spiro atoms. The molecule has 0 aromatic carbocycles. The standard InChI is InChI=1S/C9H9ClN4/c1-14-8(2-3-13-14)9-7(10)4-6(11)5-12-9/h2-5H,11H2,1H3. The van der Waals surface area contributed by atoms with Gasteiger partial charge in [0, 0.05) is 13.2 Å². The fourth-order valence-corrected chi connectivity index (χ4v) is 1.52. The van der Waals surface area contributed by atoms with E-state index < -0.39 is 0 Å². The van der Waals surface area contributed by atoms with Crippen molar-refractivity contribution in [2.75, 3.05) is 5.73 Å². The summed E-state index contributed by atoms with van der Waals surface area (Å²) in [6.07, 6.45) is 3.28. The van der Waals surface area contributed by atoms with Gasteiger partial charge in [-0.2, -0.15) is 5.10 Å². The molecule has 5 heteroatoms. The third-order valence-electron chi connectivity index (χ3n) is 1.93. The second-order valence-electron chi connectivity index (χ2n) is 2.94. The van der Waals surface area contributed by atoms with Gasteiger partial charge in [-0.1, -0.05) is 11.6 Å². The molecule has 2 aromatic rings. The molecule has 2 heterocycles. The van der Waals surface area contributed by atoms with Crippen LogP contribution in [0.15, 0.2) is 24.5 Å². The van der Waals surface area contributed by atoms with Crippen molar-refractivity contribution in [3.8, 4) is 11.4 Å². The Labute approximate surface area is 86.3 Å². The van der Waals surface area contributed by atoms with E-state index in [1.165, 1.54) is 0 Å². The molecule has 14 heavy (non-hydrogen) atoms. The number of aromatic nitrogens is 3. The quantitative estimate of drug-likeness (QED) is 0.777. The highest BCUT2D eigenvalue weighted by Gasteiger charge is 2.08. The van der Waals surface area contributed by atoms with Crippen LogP contribution in [0.4, 0.5) is 5.69 Å². The number of hydrogen-bond acceptors (Lipinski definition) is 3. The van der Waals surface area contributed by atoms with Gasteiger partial charge in [0.2, 0.25) is 0 Å². The minimum Gasteiger partial charge on any atom is -0.397 e. The average Bonchev–Trinajstić information content (AvgIpc) is 2.52. The maximum Gasteiger partial charge on any atom is 0.107 e. The Hall–Kier alpha value is -1.55. The Balaban J connectivity index is 2.58. The Morgan fingerprint density at radius 1 is 1.50 bits per heavy atom. The van der Waals surface area contributed by atoms with E-state index >= 15 is 0 Å². The van der Waals surface area contributed by atoms with Crippen molar-refractivity contribution >= 4 is 17.3 Å². The third kappa shape index (κ3) is 1.44.